The molecular weight excluding hydrogens is 266 g/mol. The SMILES string of the molecule is CC(C)CN(C(=O)Cn1cc(N)ccc1=O)C1CCCC1. The van der Waals surface area contributed by atoms with Crippen molar-refractivity contribution in [3.8, 4) is 0 Å². The molecule has 21 heavy (non-hydrogen) atoms. The summed E-state index contributed by atoms with van der Waals surface area (Å²) in [6.45, 7) is 5.05. The number of pyridine rings is 1. The lowest BCUT2D eigenvalue weighted by Gasteiger charge is -2.31. The normalized spacial score (nSPS) is 15.6. The summed E-state index contributed by atoms with van der Waals surface area (Å²) in [6.07, 6.45) is 6.06. The van der Waals surface area contributed by atoms with Crippen LogP contribution in [0.3, 0.4) is 0 Å². The molecule has 2 N–H and O–H groups in total. The number of hydrogen-bond donors (Lipinski definition) is 1. The fourth-order valence-electron chi connectivity index (χ4n) is 2.97. The zero-order chi connectivity index (χ0) is 15.4. The molecule has 0 bridgehead atoms. The molecule has 0 aliphatic heterocycles. The Kier molecular flexibility index (Phi) is 5.04. The molecule has 5 heteroatoms. The van der Waals surface area contributed by atoms with Gasteiger partial charge in [-0.2, -0.15) is 0 Å². The van der Waals surface area contributed by atoms with E-state index in [1.54, 1.807) is 12.3 Å². The molecule has 0 atom stereocenters. The van der Waals surface area contributed by atoms with Crippen molar-refractivity contribution in [3.05, 3.63) is 28.7 Å². The first-order valence-corrected chi connectivity index (χ1v) is 7.73. The van der Waals surface area contributed by atoms with Crippen LogP contribution in [0.4, 0.5) is 5.69 Å². The van der Waals surface area contributed by atoms with Crippen molar-refractivity contribution in [2.75, 3.05) is 12.3 Å². The number of hydrogen-bond acceptors (Lipinski definition) is 3. The molecule has 1 aromatic heterocycles. The average Bonchev–Trinajstić information content (AvgIpc) is 2.93. The minimum atomic E-state index is -0.187. The highest BCUT2D eigenvalue weighted by Crippen LogP contribution is 2.24. The molecule has 1 saturated carbocycles. The van der Waals surface area contributed by atoms with Gasteiger partial charge in [0, 0.05) is 30.5 Å². The molecule has 1 heterocycles. The lowest BCUT2D eigenvalue weighted by atomic mass is 10.1. The Morgan fingerprint density at radius 1 is 1.38 bits per heavy atom. The summed E-state index contributed by atoms with van der Waals surface area (Å²) in [7, 11) is 0. The number of aromatic nitrogens is 1. The van der Waals surface area contributed by atoms with Gasteiger partial charge in [-0.25, -0.2) is 0 Å². The highest BCUT2D eigenvalue weighted by Gasteiger charge is 2.27. The number of anilines is 1. The van der Waals surface area contributed by atoms with Crippen molar-refractivity contribution in [1.29, 1.82) is 0 Å². The van der Waals surface area contributed by atoms with Crippen LogP contribution < -0.4 is 11.3 Å². The third-order valence-corrected chi connectivity index (χ3v) is 3.96. The van der Waals surface area contributed by atoms with Gasteiger partial charge in [-0.05, 0) is 24.8 Å². The van der Waals surface area contributed by atoms with Crippen LogP contribution in [0.2, 0.25) is 0 Å². The van der Waals surface area contributed by atoms with Gasteiger partial charge in [0.1, 0.15) is 6.54 Å². The van der Waals surface area contributed by atoms with Crippen molar-refractivity contribution >= 4 is 11.6 Å². The summed E-state index contributed by atoms with van der Waals surface area (Å²) in [5.41, 5.74) is 6.01. The zero-order valence-electron chi connectivity index (χ0n) is 12.9. The minimum absolute atomic E-state index is 0.0169. The first kappa shape index (κ1) is 15.6. The second-order valence-electron chi connectivity index (χ2n) is 6.31. The number of carbonyl (C=O) groups excluding carboxylic acids is 1. The number of nitrogens with zero attached hydrogens (tertiary/aromatic N) is 2. The van der Waals surface area contributed by atoms with E-state index in [1.807, 2.05) is 4.90 Å². The van der Waals surface area contributed by atoms with Gasteiger partial charge in [0.25, 0.3) is 5.56 Å². The molecule has 0 radical (unpaired) electrons. The van der Waals surface area contributed by atoms with Gasteiger partial charge in [0.15, 0.2) is 0 Å². The maximum Gasteiger partial charge on any atom is 0.251 e. The predicted octanol–water partition coefficient (Wildman–Crippen LogP) is 1.86. The van der Waals surface area contributed by atoms with Crippen molar-refractivity contribution in [1.82, 2.24) is 9.47 Å². The van der Waals surface area contributed by atoms with Crippen LogP contribution >= 0.6 is 0 Å². The number of nitrogen functional groups attached to an aromatic ring is 1. The van der Waals surface area contributed by atoms with Crippen LogP contribution in [0.5, 0.6) is 0 Å². The molecule has 1 fully saturated rings. The highest BCUT2D eigenvalue weighted by molar-refractivity contribution is 5.76. The molecule has 116 valence electrons. The molecule has 0 unspecified atom stereocenters. The Morgan fingerprint density at radius 3 is 2.67 bits per heavy atom. The molecule has 1 amide bonds. The third-order valence-electron chi connectivity index (χ3n) is 3.96. The number of rotatable bonds is 5. The van der Waals surface area contributed by atoms with Gasteiger partial charge in [0.2, 0.25) is 5.91 Å². The molecular formula is C16H25N3O2. The monoisotopic (exact) mass is 291 g/mol. The van der Waals surface area contributed by atoms with E-state index in [0.717, 1.165) is 19.4 Å². The Labute approximate surface area is 125 Å². The maximum atomic E-state index is 12.6. The third kappa shape index (κ3) is 4.09. The van der Waals surface area contributed by atoms with Crippen molar-refractivity contribution in [2.45, 2.75) is 52.1 Å². The first-order valence-electron chi connectivity index (χ1n) is 7.73. The van der Waals surface area contributed by atoms with E-state index in [1.165, 1.54) is 23.5 Å². The summed E-state index contributed by atoms with van der Waals surface area (Å²) in [5.74, 6) is 0.440. The van der Waals surface area contributed by atoms with Crippen LogP contribution in [-0.4, -0.2) is 28.0 Å². The molecule has 1 aromatic rings. The Hall–Kier alpha value is -1.78. The van der Waals surface area contributed by atoms with Crippen LogP contribution in [0.15, 0.2) is 23.1 Å². The van der Waals surface area contributed by atoms with Crippen molar-refractivity contribution in [3.63, 3.8) is 0 Å². The standard InChI is InChI=1S/C16H25N3O2/c1-12(2)9-19(14-5-3-4-6-14)16(21)11-18-10-13(17)7-8-15(18)20/h7-8,10,12,14H,3-6,9,11,17H2,1-2H3. The van der Waals surface area contributed by atoms with Gasteiger partial charge >= 0.3 is 0 Å². The summed E-state index contributed by atoms with van der Waals surface area (Å²) in [4.78, 5) is 26.4. The zero-order valence-corrected chi connectivity index (χ0v) is 12.9. The van der Waals surface area contributed by atoms with E-state index in [4.69, 9.17) is 5.73 Å². The number of carbonyl (C=O) groups is 1. The number of amides is 1. The second kappa shape index (κ2) is 6.78. The topological polar surface area (TPSA) is 68.3 Å². The maximum absolute atomic E-state index is 12.6. The molecule has 2 rings (SSSR count). The van der Waals surface area contributed by atoms with Crippen LogP contribution in [0.1, 0.15) is 39.5 Å². The van der Waals surface area contributed by atoms with Crippen LogP contribution in [0, 0.1) is 5.92 Å². The Morgan fingerprint density at radius 2 is 2.05 bits per heavy atom. The molecule has 5 nitrogen and oxygen atoms in total. The van der Waals surface area contributed by atoms with E-state index < -0.39 is 0 Å². The Balaban J connectivity index is 2.13. The average molecular weight is 291 g/mol. The van der Waals surface area contributed by atoms with Crippen LogP contribution in [0.25, 0.3) is 0 Å². The smallest absolute Gasteiger partial charge is 0.251 e. The fraction of sp³-hybridized carbons (Fsp3) is 0.625. The van der Waals surface area contributed by atoms with E-state index in [-0.39, 0.29) is 18.0 Å². The quantitative estimate of drug-likeness (QED) is 0.900. The van der Waals surface area contributed by atoms with Crippen LogP contribution in [-0.2, 0) is 11.3 Å². The lowest BCUT2D eigenvalue weighted by Crippen LogP contribution is -2.44. The number of nitrogens with two attached hydrogens (primary N) is 1. The largest absolute Gasteiger partial charge is 0.398 e. The minimum Gasteiger partial charge on any atom is -0.398 e. The summed E-state index contributed by atoms with van der Waals surface area (Å²) in [5, 5.41) is 0. The molecule has 0 saturated heterocycles. The van der Waals surface area contributed by atoms with E-state index in [9.17, 15) is 9.59 Å². The highest BCUT2D eigenvalue weighted by atomic mass is 16.2. The first-order chi connectivity index (χ1) is 9.97. The second-order valence-corrected chi connectivity index (χ2v) is 6.31. The van der Waals surface area contributed by atoms with Gasteiger partial charge in [-0.1, -0.05) is 26.7 Å². The Bertz CT molecular complexity index is 545. The molecule has 0 aromatic carbocycles. The molecule has 1 aliphatic rings. The van der Waals surface area contributed by atoms with E-state index in [2.05, 4.69) is 13.8 Å². The van der Waals surface area contributed by atoms with Crippen molar-refractivity contribution in [2.24, 2.45) is 5.92 Å². The van der Waals surface area contributed by atoms with E-state index >= 15 is 0 Å². The van der Waals surface area contributed by atoms with Gasteiger partial charge in [-0.15, -0.1) is 0 Å². The van der Waals surface area contributed by atoms with E-state index in [0.29, 0.717) is 17.6 Å². The fourth-order valence-corrected chi connectivity index (χ4v) is 2.97. The molecule has 1 aliphatic carbocycles. The van der Waals surface area contributed by atoms with Gasteiger partial charge in [-0.3, -0.25) is 9.59 Å². The lowest BCUT2D eigenvalue weighted by molar-refractivity contribution is -0.134. The van der Waals surface area contributed by atoms with Gasteiger partial charge in [0.05, 0.1) is 0 Å². The summed E-state index contributed by atoms with van der Waals surface area (Å²) in [6, 6.07) is 3.30. The predicted molar refractivity (Wildman–Crippen MR) is 83.9 cm³/mol. The molecule has 0 spiro atoms. The van der Waals surface area contributed by atoms with Crippen molar-refractivity contribution < 1.29 is 4.79 Å². The summed E-state index contributed by atoms with van der Waals surface area (Å²) >= 11 is 0. The summed E-state index contributed by atoms with van der Waals surface area (Å²) < 4.78 is 1.40. The van der Waals surface area contributed by atoms with Gasteiger partial charge < -0.3 is 15.2 Å².